The van der Waals surface area contributed by atoms with Crippen molar-refractivity contribution in [3.8, 4) is 5.75 Å². The van der Waals surface area contributed by atoms with Crippen LogP contribution in [0.1, 0.15) is 37.3 Å². The molecule has 6 heteroatoms. The fourth-order valence-electron chi connectivity index (χ4n) is 3.80. The molecule has 2 aromatic rings. The van der Waals surface area contributed by atoms with Gasteiger partial charge in [0.2, 0.25) is 0 Å². The summed E-state index contributed by atoms with van der Waals surface area (Å²) in [6.45, 7) is 2.24. The van der Waals surface area contributed by atoms with Gasteiger partial charge < -0.3 is 9.84 Å². The van der Waals surface area contributed by atoms with Gasteiger partial charge in [0.15, 0.2) is 0 Å². The van der Waals surface area contributed by atoms with E-state index in [1.54, 1.807) is 10.9 Å². The van der Waals surface area contributed by atoms with Gasteiger partial charge in [-0.1, -0.05) is 17.3 Å². The molecule has 0 unspecified atom stereocenters. The minimum absolute atomic E-state index is 0.0228. The molecule has 1 aliphatic carbocycles. The summed E-state index contributed by atoms with van der Waals surface area (Å²) < 4.78 is 7.85. The van der Waals surface area contributed by atoms with Crippen LogP contribution in [-0.4, -0.2) is 50.3 Å². The summed E-state index contributed by atoms with van der Waals surface area (Å²) in [6, 6.07) is 8.33. The molecular formula is C18H24N4O2. The van der Waals surface area contributed by atoms with E-state index in [1.165, 1.54) is 31.2 Å². The number of rotatable bonds is 5. The molecule has 1 aromatic heterocycles. The number of β-amino-alcohol motifs (C(OH)–C–C–N with tert-alkyl or cyclic N) is 1. The lowest BCUT2D eigenvalue weighted by Gasteiger charge is -2.17. The molecule has 0 spiro atoms. The molecule has 1 N–H and O–H groups in total. The largest absolute Gasteiger partial charge is 0.490 e. The summed E-state index contributed by atoms with van der Waals surface area (Å²) in [7, 11) is 0. The van der Waals surface area contributed by atoms with Crippen molar-refractivity contribution >= 4 is 0 Å². The zero-order chi connectivity index (χ0) is 16.4. The van der Waals surface area contributed by atoms with Crippen LogP contribution < -0.4 is 4.74 Å². The van der Waals surface area contributed by atoms with Gasteiger partial charge in [0.1, 0.15) is 5.75 Å². The van der Waals surface area contributed by atoms with Gasteiger partial charge in [-0.3, -0.25) is 4.90 Å². The third-order valence-electron chi connectivity index (χ3n) is 5.03. The Kier molecular flexibility index (Phi) is 4.49. The Morgan fingerprint density at radius 1 is 1.21 bits per heavy atom. The van der Waals surface area contributed by atoms with Crippen LogP contribution in [0, 0.1) is 0 Å². The molecule has 1 saturated heterocycles. The van der Waals surface area contributed by atoms with E-state index in [9.17, 15) is 5.11 Å². The van der Waals surface area contributed by atoms with Gasteiger partial charge in [-0.25, -0.2) is 4.68 Å². The number of likely N-dealkylation sites (tertiary alicyclic amines) is 1. The maximum absolute atomic E-state index is 10.3. The summed E-state index contributed by atoms with van der Waals surface area (Å²) in [6.07, 6.45) is 8.33. The van der Waals surface area contributed by atoms with Gasteiger partial charge in [0, 0.05) is 25.8 Å². The molecule has 4 rings (SSSR count). The maximum Gasteiger partial charge on any atom is 0.120 e. The first-order chi connectivity index (χ1) is 11.8. The van der Waals surface area contributed by atoms with Crippen molar-refractivity contribution in [2.24, 2.45) is 0 Å². The van der Waals surface area contributed by atoms with Gasteiger partial charge in [-0.05, 0) is 43.4 Å². The lowest BCUT2D eigenvalue weighted by molar-refractivity contribution is 0.138. The molecule has 24 heavy (non-hydrogen) atoms. The van der Waals surface area contributed by atoms with Crippen molar-refractivity contribution in [3.05, 3.63) is 42.2 Å². The van der Waals surface area contributed by atoms with E-state index >= 15 is 0 Å². The number of hydrogen-bond acceptors (Lipinski definition) is 5. The Balaban J connectivity index is 1.38. The predicted molar refractivity (Wildman–Crippen MR) is 89.7 cm³/mol. The average molecular weight is 328 g/mol. The molecule has 2 atom stereocenters. The standard InChI is InChI=1S/C18H24N4O2/c23-18-13-21(12-17(18)22-9-8-19-20-22)11-14-4-3-7-16(10-14)24-15-5-1-2-6-15/h3-4,7-10,15,17-18,23H,1-2,5-6,11-13H2/t17-,18-/m1/s1. The highest BCUT2D eigenvalue weighted by molar-refractivity contribution is 5.29. The number of ether oxygens (including phenoxy) is 1. The lowest BCUT2D eigenvalue weighted by atomic mass is 10.2. The van der Waals surface area contributed by atoms with E-state index in [-0.39, 0.29) is 6.04 Å². The number of benzene rings is 1. The van der Waals surface area contributed by atoms with Crippen molar-refractivity contribution in [2.75, 3.05) is 13.1 Å². The van der Waals surface area contributed by atoms with Gasteiger partial charge in [0.25, 0.3) is 0 Å². The summed E-state index contributed by atoms with van der Waals surface area (Å²) in [5.41, 5.74) is 1.22. The number of aliphatic hydroxyl groups is 1. The van der Waals surface area contributed by atoms with Crippen LogP contribution in [0.15, 0.2) is 36.7 Å². The fourth-order valence-corrected chi connectivity index (χ4v) is 3.80. The van der Waals surface area contributed by atoms with E-state index in [4.69, 9.17) is 4.74 Å². The molecule has 1 aliphatic heterocycles. The predicted octanol–water partition coefficient (Wildman–Crippen LogP) is 2.02. The number of aromatic nitrogens is 3. The topological polar surface area (TPSA) is 63.4 Å². The van der Waals surface area contributed by atoms with Crippen molar-refractivity contribution in [1.82, 2.24) is 19.9 Å². The highest BCUT2D eigenvalue weighted by atomic mass is 16.5. The van der Waals surface area contributed by atoms with Crippen molar-refractivity contribution in [2.45, 2.75) is 50.5 Å². The van der Waals surface area contributed by atoms with Crippen LogP contribution >= 0.6 is 0 Å². The fraction of sp³-hybridized carbons (Fsp3) is 0.556. The van der Waals surface area contributed by atoms with Gasteiger partial charge in [-0.15, -0.1) is 5.10 Å². The SMILES string of the molecule is O[C@@H]1CN(Cc2cccc(OC3CCCC3)c2)C[C@H]1n1ccnn1. The minimum atomic E-state index is -0.412. The molecule has 1 aromatic carbocycles. The van der Waals surface area contributed by atoms with Crippen LogP contribution in [0.4, 0.5) is 0 Å². The monoisotopic (exact) mass is 328 g/mol. The van der Waals surface area contributed by atoms with Crippen LogP contribution in [0.2, 0.25) is 0 Å². The van der Waals surface area contributed by atoms with Crippen LogP contribution in [0.25, 0.3) is 0 Å². The van der Waals surface area contributed by atoms with Crippen molar-refractivity contribution < 1.29 is 9.84 Å². The van der Waals surface area contributed by atoms with Crippen LogP contribution in [0.3, 0.4) is 0 Å². The first kappa shape index (κ1) is 15.6. The summed E-state index contributed by atoms with van der Waals surface area (Å²) in [5, 5.41) is 18.2. The molecule has 2 aliphatic rings. The second-order valence-electron chi connectivity index (χ2n) is 6.88. The van der Waals surface area contributed by atoms with Gasteiger partial charge >= 0.3 is 0 Å². The van der Waals surface area contributed by atoms with E-state index in [0.29, 0.717) is 12.6 Å². The van der Waals surface area contributed by atoms with Crippen LogP contribution in [-0.2, 0) is 6.54 Å². The van der Waals surface area contributed by atoms with Crippen molar-refractivity contribution in [1.29, 1.82) is 0 Å². The third kappa shape index (κ3) is 3.44. The molecule has 0 amide bonds. The zero-order valence-electron chi connectivity index (χ0n) is 13.8. The summed E-state index contributed by atoms with van der Waals surface area (Å²) in [5.74, 6) is 0.965. The quantitative estimate of drug-likeness (QED) is 0.910. The average Bonchev–Trinajstić information content (AvgIpc) is 3.30. The lowest BCUT2D eigenvalue weighted by Crippen LogP contribution is -2.22. The molecule has 2 heterocycles. The summed E-state index contributed by atoms with van der Waals surface area (Å²) >= 11 is 0. The van der Waals surface area contributed by atoms with Gasteiger partial charge in [-0.2, -0.15) is 0 Å². The number of nitrogens with zero attached hydrogens (tertiary/aromatic N) is 4. The highest BCUT2D eigenvalue weighted by Gasteiger charge is 2.33. The van der Waals surface area contributed by atoms with E-state index in [1.807, 2.05) is 12.3 Å². The van der Waals surface area contributed by atoms with E-state index < -0.39 is 6.10 Å². The zero-order valence-corrected chi connectivity index (χ0v) is 13.8. The summed E-state index contributed by atoms with van der Waals surface area (Å²) in [4.78, 5) is 2.26. The molecule has 1 saturated carbocycles. The molecule has 6 nitrogen and oxygen atoms in total. The Bertz CT molecular complexity index is 655. The highest BCUT2D eigenvalue weighted by Crippen LogP contribution is 2.26. The minimum Gasteiger partial charge on any atom is -0.490 e. The Morgan fingerprint density at radius 3 is 2.88 bits per heavy atom. The second kappa shape index (κ2) is 6.91. The molecule has 2 fully saturated rings. The number of hydrogen-bond donors (Lipinski definition) is 1. The van der Waals surface area contributed by atoms with E-state index in [0.717, 1.165) is 18.8 Å². The Morgan fingerprint density at radius 2 is 2.08 bits per heavy atom. The Hall–Kier alpha value is -1.92. The molecule has 0 bridgehead atoms. The normalized spacial score (nSPS) is 25.4. The molecular weight excluding hydrogens is 304 g/mol. The first-order valence-electron chi connectivity index (χ1n) is 8.80. The smallest absolute Gasteiger partial charge is 0.120 e. The number of aliphatic hydroxyl groups excluding tert-OH is 1. The van der Waals surface area contributed by atoms with E-state index in [2.05, 4.69) is 33.4 Å². The van der Waals surface area contributed by atoms with Crippen molar-refractivity contribution in [3.63, 3.8) is 0 Å². The second-order valence-corrected chi connectivity index (χ2v) is 6.88. The molecule has 128 valence electrons. The molecule has 0 radical (unpaired) electrons. The van der Waals surface area contributed by atoms with Crippen LogP contribution in [0.5, 0.6) is 5.75 Å². The Labute approximate surface area is 142 Å². The third-order valence-corrected chi connectivity index (χ3v) is 5.03. The maximum atomic E-state index is 10.3. The van der Waals surface area contributed by atoms with Gasteiger partial charge in [0.05, 0.1) is 24.4 Å². The first-order valence-corrected chi connectivity index (χ1v) is 8.80.